The molecule has 7 nitrogen and oxygen atoms in total. The van der Waals surface area contributed by atoms with Crippen LogP contribution in [0.2, 0.25) is 0 Å². The Kier molecular flexibility index (Phi) is 7.27. The van der Waals surface area contributed by atoms with Gasteiger partial charge < -0.3 is 30.0 Å². The van der Waals surface area contributed by atoms with E-state index in [4.69, 9.17) is 9.47 Å². The summed E-state index contributed by atoms with van der Waals surface area (Å²) in [5.74, 6) is 0.489. The summed E-state index contributed by atoms with van der Waals surface area (Å²) in [6, 6.07) is 7.80. The van der Waals surface area contributed by atoms with Gasteiger partial charge in [-0.05, 0) is 39.3 Å². The van der Waals surface area contributed by atoms with Crippen molar-refractivity contribution in [3.8, 4) is 17.2 Å². The normalized spacial score (nSPS) is 13.2. The van der Waals surface area contributed by atoms with Crippen molar-refractivity contribution in [3.05, 3.63) is 51.4 Å². The Morgan fingerprint density at radius 3 is 2.56 bits per heavy atom. The SMILES string of the molecule is Cc1ccccc1OC(C)CNCC(O)COc1c(C)[nH]c(C)c(O)c1=O. The fourth-order valence-electron chi connectivity index (χ4n) is 2.66. The Morgan fingerprint density at radius 2 is 1.85 bits per heavy atom. The van der Waals surface area contributed by atoms with Crippen molar-refractivity contribution in [1.82, 2.24) is 10.3 Å². The lowest BCUT2D eigenvalue weighted by Gasteiger charge is -2.19. The summed E-state index contributed by atoms with van der Waals surface area (Å²) in [6.45, 7) is 7.99. The number of ether oxygens (including phenoxy) is 2. The maximum atomic E-state index is 12.0. The number of hydrogen-bond acceptors (Lipinski definition) is 6. The molecule has 7 heteroatoms. The molecule has 0 aliphatic heterocycles. The molecule has 1 aromatic heterocycles. The van der Waals surface area contributed by atoms with Gasteiger partial charge in [0.25, 0.3) is 5.43 Å². The highest BCUT2D eigenvalue weighted by Crippen LogP contribution is 2.18. The summed E-state index contributed by atoms with van der Waals surface area (Å²) >= 11 is 0. The second-order valence-corrected chi connectivity index (χ2v) is 6.70. The van der Waals surface area contributed by atoms with E-state index in [1.54, 1.807) is 13.8 Å². The molecule has 0 amide bonds. The summed E-state index contributed by atoms with van der Waals surface area (Å²) < 4.78 is 11.3. The molecule has 2 atom stereocenters. The van der Waals surface area contributed by atoms with Gasteiger partial charge in [-0.25, -0.2) is 0 Å². The first-order valence-corrected chi connectivity index (χ1v) is 8.96. The fourth-order valence-corrected chi connectivity index (χ4v) is 2.66. The van der Waals surface area contributed by atoms with Crippen LogP contribution < -0.4 is 20.2 Å². The molecule has 0 bridgehead atoms. The quantitative estimate of drug-likeness (QED) is 0.532. The van der Waals surface area contributed by atoms with Crippen LogP contribution in [0.15, 0.2) is 29.1 Å². The zero-order valence-corrected chi connectivity index (χ0v) is 16.2. The summed E-state index contributed by atoms with van der Waals surface area (Å²) in [4.78, 5) is 14.9. The summed E-state index contributed by atoms with van der Waals surface area (Å²) in [6.07, 6.45) is -0.878. The first-order chi connectivity index (χ1) is 12.8. The number of aromatic amines is 1. The molecule has 2 aromatic rings. The minimum Gasteiger partial charge on any atom is -0.503 e. The number of nitrogens with one attached hydrogen (secondary N) is 2. The van der Waals surface area contributed by atoms with Gasteiger partial charge in [-0.3, -0.25) is 4.79 Å². The predicted octanol–water partition coefficient (Wildman–Crippen LogP) is 1.80. The summed E-state index contributed by atoms with van der Waals surface area (Å²) in [5, 5.41) is 22.9. The van der Waals surface area contributed by atoms with Crippen molar-refractivity contribution in [3.63, 3.8) is 0 Å². The molecule has 0 radical (unpaired) electrons. The molecule has 27 heavy (non-hydrogen) atoms. The van der Waals surface area contributed by atoms with Crippen LogP contribution in [0.3, 0.4) is 0 Å². The average Bonchev–Trinajstić information content (AvgIpc) is 2.61. The number of hydrogen-bond donors (Lipinski definition) is 4. The number of benzene rings is 1. The smallest absolute Gasteiger partial charge is 0.265 e. The van der Waals surface area contributed by atoms with Crippen LogP contribution in [-0.4, -0.2) is 47.1 Å². The van der Waals surface area contributed by atoms with E-state index < -0.39 is 11.5 Å². The van der Waals surface area contributed by atoms with Crippen molar-refractivity contribution in [2.45, 2.75) is 39.9 Å². The van der Waals surface area contributed by atoms with E-state index in [-0.39, 0.29) is 30.8 Å². The molecule has 0 saturated heterocycles. The Bertz CT molecular complexity index is 819. The molecule has 0 spiro atoms. The van der Waals surface area contributed by atoms with E-state index in [1.165, 1.54) is 0 Å². The highest BCUT2D eigenvalue weighted by atomic mass is 16.5. The standard InChI is InChI=1S/C20H28N2O5/c1-12-7-5-6-8-17(12)27-13(2)9-21-10-16(23)11-26-20-15(4)22-14(3)18(24)19(20)25/h5-8,13,16,21,23-24H,9-11H2,1-4H3,(H,22,25). The van der Waals surface area contributed by atoms with Crippen molar-refractivity contribution < 1.29 is 19.7 Å². The molecule has 1 heterocycles. The highest BCUT2D eigenvalue weighted by Gasteiger charge is 2.15. The van der Waals surface area contributed by atoms with E-state index >= 15 is 0 Å². The summed E-state index contributed by atoms with van der Waals surface area (Å²) in [5.41, 5.74) is 1.38. The van der Waals surface area contributed by atoms with Crippen LogP contribution in [0.5, 0.6) is 17.2 Å². The van der Waals surface area contributed by atoms with E-state index in [0.717, 1.165) is 11.3 Å². The van der Waals surface area contributed by atoms with Crippen LogP contribution in [-0.2, 0) is 0 Å². The first-order valence-electron chi connectivity index (χ1n) is 8.96. The molecule has 0 aliphatic rings. The van der Waals surface area contributed by atoms with Gasteiger partial charge in [-0.15, -0.1) is 0 Å². The third-order valence-corrected chi connectivity index (χ3v) is 4.15. The van der Waals surface area contributed by atoms with Crippen LogP contribution in [0, 0.1) is 20.8 Å². The molecule has 4 N–H and O–H groups in total. The van der Waals surface area contributed by atoms with Gasteiger partial charge in [0.2, 0.25) is 0 Å². The number of H-pyrrole nitrogens is 1. The zero-order chi connectivity index (χ0) is 20.0. The number of pyridine rings is 1. The summed E-state index contributed by atoms with van der Waals surface area (Å²) in [7, 11) is 0. The fraction of sp³-hybridized carbons (Fsp3) is 0.450. The number of aliphatic hydroxyl groups excluding tert-OH is 1. The lowest BCUT2D eigenvalue weighted by Crippen LogP contribution is -2.37. The number of aliphatic hydroxyl groups is 1. The topological polar surface area (TPSA) is 104 Å². The van der Waals surface area contributed by atoms with Gasteiger partial charge in [0.1, 0.15) is 24.6 Å². The van der Waals surface area contributed by atoms with Crippen molar-refractivity contribution in [1.29, 1.82) is 0 Å². The third kappa shape index (κ3) is 5.74. The lowest BCUT2D eigenvalue weighted by atomic mass is 10.2. The van der Waals surface area contributed by atoms with Crippen LogP contribution >= 0.6 is 0 Å². The average molecular weight is 376 g/mol. The maximum absolute atomic E-state index is 12.0. The van der Waals surface area contributed by atoms with E-state index in [2.05, 4.69) is 10.3 Å². The zero-order valence-electron chi connectivity index (χ0n) is 16.2. The Hall–Kier alpha value is -2.51. The van der Waals surface area contributed by atoms with Gasteiger partial charge in [-0.1, -0.05) is 18.2 Å². The van der Waals surface area contributed by atoms with E-state index in [9.17, 15) is 15.0 Å². The van der Waals surface area contributed by atoms with Crippen molar-refractivity contribution >= 4 is 0 Å². The molecular weight excluding hydrogens is 348 g/mol. The molecule has 1 aromatic carbocycles. The number of aryl methyl sites for hydroxylation is 3. The maximum Gasteiger partial charge on any atom is 0.265 e. The molecule has 0 fully saturated rings. The van der Waals surface area contributed by atoms with Gasteiger partial charge >= 0.3 is 0 Å². The van der Waals surface area contributed by atoms with Crippen molar-refractivity contribution in [2.24, 2.45) is 0 Å². The highest BCUT2D eigenvalue weighted by molar-refractivity contribution is 5.38. The van der Waals surface area contributed by atoms with Crippen LogP contribution in [0.25, 0.3) is 0 Å². The number of aromatic hydroxyl groups is 1. The largest absolute Gasteiger partial charge is 0.503 e. The molecule has 148 valence electrons. The van der Waals surface area contributed by atoms with Gasteiger partial charge in [0.05, 0.1) is 11.4 Å². The molecular formula is C20H28N2O5. The first kappa shape index (κ1) is 20.8. The molecule has 2 rings (SSSR count). The van der Waals surface area contributed by atoms with Crippen LogP contribution in [0.4, 0.5) is 0 Å². The van der Waals surface area contributed by atoms with Gasteiger partial charge in [-0.2, -0.15) is 0 Å². The Balaban J connectivity index is 1.77. The Labute approximate surface area is 159 Å². The van der Waals surface area contributed by atoms with E-state index in [1.807, 2.05) is 38.1 Å². The third-order valence-electron chi connectivity index (χ3n) is 4.15. The van der Waals surface area contributed by atoms with Crippen molar-refractivity contribution in [2.75, 3.05) is 19.7 Å². The monoisotopic (exact) mass is 376 g/mol. The number of rotatable bonds is 9. The lowest BCUT2D eigenvalue weighted by molar-refractivity contribution is 0.101. The minimum absolute atomic E-state index is 0.0217. The predicted molar refractivity (Wildman–Crippen MR) is 104 cm³/mol. The molecule has 0 saturated carbocycles. The second kappa shape index (κ2) is 9.43. The van der Waals surface area contributed by atoms with Crippen LogP contribution in [0.1, 0.15) is 23.9 Å². The van der Waals surface area contributed by atoms with Gasteiger partial charge in [0.15, 0.2) is 11.5 Å². The molecule has 2 unspecified atom stereocenters. The van der Waals surface area contributed by atoms with Gasteiger partial charge in [0, 0.05) is 13.1 Å². The number of aromatic nitrogens is 1. The van der Waals surface area contributed by atoms with E-state index in [0.29, 0.717) is 17.9 Å². The Morgan fingerprint density at radius 1 is 1.15 bits per heavy atom. The second-order valence-electron chi connectivity index (χ2n) is 6.70. The molecule has 0 aliphatic carbocycles. The minimum atomic E-state index is -0.807. The number of para-hydroxylation sites is 1.